The number of amides is 1. The van der Waals surface area contributed by atoms with E-state index < -0.39 is 0 Å². The summed E-state index contributed by atoms with van der Waals surface area (Å²) in [4.78, 5) is 11.9. The van der Waals surface area contributed by atoms with Gasteiger partial charge >= 0.3 is 0 Å². The highest BCUT2D eigenvalue weighted by atomic mass is 16.3. The van der Waals surface area contributed by atoms with Crippen molar-refractivity contribution in [3.8, 4) is 0 Å². The van der Waals surface area contributed by atoms with Crippen LogP contribution in [0, 0.1) is 0 Å². The molecule has 0 aliphatic heterocycles. The number of furan rings is 1. The number of unbranched alkanes of at least 4 members (excludes halogenated alkanes) is 2. The van der Waals surface area contributed by atoms with Gasteiger partial charge in [-0.2, -0.15) is 0 Å². The highest BCUT2D eigenvalue weighted by molar-refractivity contribution is 6.05. The molecule has 0 bridgehead atoms. The van der Waals surface area contributed by atoms with Crippen LogP contribution < -0.4 is 5.32 Å². The van der Waals surface area contributed by atoms with E-state index in [9.17, 15) is 4.79 Å². The number of carbonyl (C=O) groups excluding carboxylic acids is 1. The van der Waals surface area contributed by atoms with E-state index in [1.165, 1.54) is 6.26 Å². The minimum absolute atomic E-state index is 0.107. The lowest BCUT2D eigenvalue weighted by Crippen LogP contribution is -2.24. The molecule has 0 saturated heterocycles. The van der Waals surface area contributed by atoms with Gasteiger partial charge in [-0.1, -0.05) is 18.2 Å². The van der Waals surface area contributed by atoms with Crippen molar-refractivity contribution in [1.82, 2.24) is 5.32 Å². The second-order valence-corrected chi connectivity index (χ2v) is 4.19. The van der Waals surface area contributed by atoms with Crippen LogP contribution in [0.15, 0.2) is 34.9 Å². The molecule has 0 saturated carbocycles. The number of benzene rings is 1. The number of carbonyl (C=O) groups is 1. The Morgan fingerprint density at radius 1 is 1.22 bits per heavy atom. The molecule has 96 valence electrons. The van der Waals surface area contributed by atoms with Gasteiger partial charge in [-0.3, -0.25) is 4.79 Å². The Balaban J connectivity index is 1.93. The van der Waals surface area contributed by atoms with E-state index >= 15 is 0 Å². The van der Waals surface area contributed by atoms with E-state index in [4.69, 9.17) is 9.52 Å². The zero-order valence-electron chi connectivity index (χ0n) is 10.2. The Hall–Kier alpha value is -1.81. The van der Waals surface area contributed by atoms with Gasteiger partial charge in [0, 0.05) is 18.5 Å². The van der Waals surface area contributed by atoms with Crippen LogP contribution in [0.4, 0.5) is 0 Å². The zero-order chi connectivity index (χ0) is 12.8. The van der Waals surface area contributed by atoms with Crippen molar-refractivity contribution in [3.05, 3.63) is 36.1 Å². The van der Waals surface area contributed by atoms with Gasteiger partial charge in [0.25, 0.3) is 5.91 Å². The molecule has 0 unspecified atom stereocenters. The number of aliphatic hydroxyl groups is 1. The predicted octanol–water partition coefficient (Wildman–Crippen LogP) is 2.33. The highest BCUT2D eigenvalue weighted by Gasteiger charge is 2.12. The summed E-state index contributed by atoms with van der Waals surface area (Å²) in [7, 11) is 0. The molecule has 1 aromatic carbocycles. The maximum Gasteiger partial charge on any atom is 0.255 e. The third kappa shape index (κ3) is 2.90. The molecule has 2 aromatic rings. The molecule has 1 heterocycles. The Morgan fingerprint density at radius 3 is 2.89 bits per heavy atom. The molecule has 2 rings (SSSR count). The summed E-state index contributed by atoms with van der Waals surface area (Å²) in [6.07, 6.45) is 4.07. The molecule has 4 heteroatoms. The van der Waals surface area contributed by atoms with Crippen molar-refractivity contribution in [1.29, 1.82) is 0 Å². The molecule has 18 heavy (non-hydrogen) atoms. The first-order valence-corrected chi connectivity index (χ1v) is 6.18. The SMILES string of the molecule is O=C(NCCCCCO)c1coc2ccccc12. The monoisotopic (exact) mass is 247 g/mol. The quantitative estimate of drug-likeness (QED) is 0.770. The molecule has 0 fully saturated rings. The molecular weight excluding hydrogens is 230 g/mol. The summed E-state index contributed by atoms with van der Waals surface area (Å²) in [5.74, 6) is -0.107. The van der Waals surface area contributed by atoms with E-state index in [1.54, 1.807) is 0 Å². The highest BCUT2D eigenvalue weighted by Crippen LogP contribution is 2.20. The lowest BCUT2D eigenvalue weighted by atomic mass is 10.1. The van der Waals surface area contributed by atoms with Gasteiger partial charge in [0.15, 0.2) is 0 Å². The first-order chi connectivity index (χ1) is 8.83. The molecule has 1 aromatic heterocycles. The fourth-order valence-corrected chi connectivity index (χ4v) is 1.86. The van der Waals surface area contributed by atoms with E-state index in [1.807, 2.05) is 24.3 Å². The largest absolute Gasteiger partial charge is 0.463 e. The van der Waals surface area contributed by atoms with Gasteiger partial charge in [-0.15, -0.1) is 0 Å². The number of nitrogens with one attached hydrogen (secondary N) is 1. The van der Waals surface area contributed by atoms with Crippen molar-refractivity contribution in [2.75, 3.05) is 13.2 Å². The number of fused-ring (bicyclic) bond motifs is 1. The van der Waals surface area contributed by atoms with Crippen LogP contribution in [0.1, 0.15) is 29.6 Å². The van der Waals surface area contributed by atoms with Gasteiger partial charge in [0.1, 0.15) is 11.8 Å². The molecule has 0 aliphatic rings. The molecule has 4 nitrogen and oxygen atoms in total. The van der Waals surface area contributed by atoms with Crippen molar-refractivity contribution in [3.63, 3.8) is 0 Å². The van der Waals surface area contributed by atoms with E-state index in [2.05, 4.69) is 5.32 Å². The fourth-order valence-electron chi connectivity index (χ4n) is 1.86. The van der Waals surface area contributed by atoms with Crippen molar-refractivity contribution in [2.45, 2.75) is 19.3 Å². The number of hydrogen-bond donors (Lipinski definition) is 2. The second kappa shape index (κ2) is 6.21. The average molecular weight is 247 g/mol. The minimum Gasteiger partial charge on any atom is -0.463 e. The zero-order valence-corrected chi connectivity index (χ0v) is 10.2. The van der Waals surface area contributed by atoms with Gasteiger partial charge in [-0.25, -0.2) is 0 Å². The van der Waals surface area contributed by atoms with Crippen LogP contribution in [-0.2, 0) is 0 Å². The molecule has 0 aliphatic carbocycles. The van der Waals surface area contributed by atoms with Crippen LogP contribution >= 0.6 is 0 Å². The minimum atomic E-state index is -0.107. The third-order valence-electron chi connectivity index (χ3n) is 2.85. The van der Waals surface area contributed by atoms with Crippen LogP contribution in [0.25, 0.3) is 11.0 Å². The predicted molar refractivity (Wildman–Crippen MR) is 69.5 cm³/mol. The average Bonchev–Trinajstić information content (AvgIpc) is 2.82. The number of para-hydroxylation sites is 1. The van der Waals surface area contributed by atoms with Crippen molar-refractivity contribution in [2.24, 2.45) is 0 Å². The summed E-state index contributed by atoms with van der Waals surface area (Å²) in [5.41, 5.74) is 1.30. The Kier molecular flexibility index (Phi) is 4.36. The van der Waals surface area contributed by atoms with Crippen LogP contribution in [-0.4, -0.2) is 24.2 Å². The van der Waals surface area contributed by atoms with Gasteiger partial charge in [0.2, 0.25) is 0 Å². The number of rotatable bonds is 6. The molecular formula is C14H17NO3. The van der Waals surface area contributed by atoms with E-state index in [-0.39, 0.29) is 12.5 Å². The molecule has 0 spiro atoms. The van der Waals surface area contributed by atoms with Gasteiger partial charge < -0.3 is 14.8 Å². The smallest absolute Gasteiger partial charge is 0.255 e. The lowest BCUT2D eigenvalue weighted by Gasteiger charge is -2.03. The maximum atomic E-state index is 11.9. The standard InChI is InChI=1S/C14H17NO3/c16-9-5-1-4-8-15-14(17)12-10-18-13-7-3-2-6-11(12)13/h2-3,6-7,10,16H,1,4-5,8-9H2,(H,15,17). The molecule has 2 N–H and O–H groups in total. The van der Waals surface area contributed by atoms with Crippen LogP contribution in [0.2, 0.25) is 0 Å². The number of hydrogen-bond acceptors (Lipinski definition) is 3. The summed E-state index contributed by atoms with van der Waals surface area (Å²) < 4.78 is 5.32. The summed E-state index contributed by atoms with van der Waals surface area (Å²) in [5, 5.41) is 12.3. The molecule has 0 atom stereocenters. The normalized spacial score (nSPS) is 10.7. The van der Waals surface area contributed by atoms with Crippen molar-refractivity contribution >= 4 is 16.9 Å². The Bertz CT molecular complexity index is 518. The Morgan fingerprint density at radius 2 is 2.06 bits per heavy atom. The summed E-state index contributed by atoms with van der Waals surface area (Å²) in [6, 6.07) is 7.48. The topological polar surface area (TPSA) is 62.5 Å². The van der Waals surface area contributed by atoms with E-state index in [0.29, 0.717) is 12.1 Å². The summed E-state index contributed by atoms with van der Waals surface area (Å²) >= 11 is 0. The summed E-state index contributed by atoms with van der Waals surface area (Å²) in [6.45, 7) is 0.832. The molecule has 0 radical (unpaired) electrons. The third-order valence-corrected chi connectivity index (χ3v) is 2.85. The number of aliphatic hydroxyl groups excluding tert-OH is 1. The maximum absolute atomic E-state index is 11.9. The second-order valence-electron chi connectivity index (χ2n) is 4.19. The van der Waals surface area contributed by atoms with Crippen LogP contribution in [0.3, 0.4) is 0 Å². The first-order valence-electron chi connectivity index (χ1n) is 6.18. The molecule has 1 amide bonds. The van der Waals surface area contributed by atoms with Crippen molar-refractivity contribution < 1.29 is 14.3 Å². The first kappa shape index (κ1) is 12.6. The van der Waals surface area contributed by atoms with Gasteiger partial charge in [-0.05, 0) is 25.3 Å². The van der Waals surface area contributed by atoms with E-state index in [0.717, 1.165) is 30.2 Å². The fraction of sp³-hybridized carbons (Fsp3) is 0.357. The van der Waals surface area contributed by atoms with Crippen LogP contribution in [0.5, 0.6) is 0 Å². The Labute approximate surface area is 106 Å². The lowest BCUT2D eigenvalue weighted by molar-refractivity contribution is 0.0953. The van der Waals surface area contributed by atoms with Gasteiger partial charge in [0.05, 0.1) is 5.56 Å².